The van der Waals surface area contributed by atoms with E-state index in [9.17, 15) is 26.3 Å². The Balaban J connectivity index is 0. The molecule has 0 amide bonds. The summed E-state index contributed by atoms with van der Waals surface area (Å²) in [5.74, 6) is -5.90. The van der Waals surface area contributed by atoms with E-state index in [1.165, 1.54) is 0 Å². The van der Waals surface area contributed by atoms with Gasteiger partial charge in [-0.2, -0.15) is 26.3 Å². The Morgan fingerprint density at radius 1 is 0.654 bits per heavy atom. The average molecular weight is 564 g/mol. The van der Waals surface area contributed by atoms with Crippen LogP contribution in [0.5, 0.6) is 0 Å². The maximum Gasteiger partial charge on any atom is 0.0267 e. The molecule has 0 fully saturated rings. The van der Waals surface area contributed by atoms with Crippen molar-refractivity contribution in [1.29, 1.82) is 0 Å². The third kappa shape index (κ3) is 12.4. The summed E-state index contributed by atoms with van der Waals surface area (Å²) in [5, 5.41) is 14.6. The van der Waals surface area contributed by atoms with Gasteiger partial charge < -0.3 is 10.2 Å². The number of alkyl halides is 6. The first kappa shape index (κ1) is 26.3. The fraction of sp³-hybridized carbons (Fsp3) is 0.231. The summed E-state index contributed by atoms with van der Waals surface area (Å²) in [6, 6.07) is 11.4. The van der Waals surface area contributed by atoms with Crippen molar-refractivity contribution in [3.63, 3.8) is 0 Å². The summed E-state index contributed by atoms with van der Waals surface area (Å²) < 4.78 is 84.2. The number of rotatable bonds is 1. The molecule has 6 nitrogen and oxygen atoms in total. The van der Waals surface area contributed by atoms with Crippen LogP contribution in [0.15, 0.2) is 61.2 Å². The van der Waals surface area contributed by atoms with Crippen LogP contribution >= 0.6 is 0 Å². The second kappa shape index (κ2) is 13.3. The predicted molar refractivity (Wildman–Crippen MR) is 69.1 cm³/mol. The van der Waals surface area contributed by atoms with E-state index in [2.05, 4.69) is 9.97 Å². The molecule has 0 saturated heterocycles. The Hall–Kier alpha value is -1.96. The first-order valence-corrected chi connectivity index (χ1v) is 8.14. The predicted octanol–water partition coefficient (Wildman–Crippen LogP) is 2.71. The molecule has 0 aromatic carbocycles. The molecule has 0 spiro atoms. The van der Waals surface area contributed by atoms with Gasteiger partial charge in [0.05, 0.1) is 0 Å². The zero-order valence-corrected chi connectivity index (χ0v) is 15.0. The number of pyridine rings is 2. The summed E-state index contributed by atoms with van der Waals surface area (Å²) in [7, 11) is 0. The van der Waals surface area contributed by atoms with Crippen LogP contribution in [0, 0.1) is 0 Å². The molecule has 0 radical (unpaired) electrons. The molecule has 0 aliphatic rings. The van der Waals surface area contributed by atoms with E-state index in [1.807, 2.05) is 36.4 Å². The SMILES string of the molecule is OC(F)(F)C(O)(F)C(F)(F)F.[O]=[Os]=[O].c1ccncc1.c1ccncc1. The first-order valence-electron chi connectivity index (χ1n) is 6.07. The third-order valence-corrected chi connectivity index (χ3v) is 1.91. The van der Waals surface area contributed by atoms with Gasteiger partial charge in [0.15, 0.2) is 0 Å². The molecule has 2 rings (SSSR count). The number of aliphatic hydroxyl groups is 2. The van der Waals surface area contributed by atoms with Crippen molar-refractivity contribution in [2.45, 2.75) is 18.1 Å². The van der Waals surface area contributed by atoms with Gasteiger partial charge in [-0.15, -0.1) is 0 Å². The van der Waals surface area contributed by atoms with E-state index in [0.717, 1.165) is 0 Å². The van der Waals surface area contributed by atoms with Crippen LogP contribution in [0.3, 0.4) is 0 Å². The number of hydrogen-bond donors (Lipinski definition) is 2. The van der Waals surface area contributed by atoms with Gasteiger partial charge in [-0.05, 0) is 24.3 Å². The molecular formula is C13H12F6N2O4Os. The molecule has 13 heteroatoms. The minimum atomic E-state index is -6.23. The Morgan fingerprint density at radius 2 is 0.923 bits per heavy atom. The van der Waals surface area contributed by atoms with E-state index < -0.39 is 35.5 Å². The normalized spacial score (nSPS) is 12.6. The molecule has 2 N–H and O–H groups in total. The van der Waals surface area contributed by atoms with Crippen LogP contribution in [0.4, 0.5) is 26.3 Å². The van der Waals surface area contributed by atoms with Crippen molar-refractivity contribution in [2.24, 2.45) is 0 Å². The summed E-state index contributed by atoms with van der Waals surface area (Å²) in [6.07, 6.45) is -5.09. The second-order valence-electron chi connectivity index (χ2n) is 3.77. The molecule has 1 unspecified atom stereocenters. The maximum atomic E-state index is 11.5. The molecule has 2 heterocycles. The van der Waals surface area contributed by atoms with Gasteiger partial charge in [0.25, 0.3) is 0 Å². The molecule has 26 heavy (non-hydrogen) atoms. The van der Waals surface area contributed by atoms with E-state index in [-0.39, 0.29) is 0 Å². The second-order valence-corrected chi connectivity index (χ2v) is 4.19. The molecule has 148 valence electrons. The maximum absolute atomic E-state index is 11.5. The van der Waals surface area contributed by atoms with Crippen molar-refractivity contribution in [3.8, 4) is 0 Å². The van der Waals surface area contributed by atoms with E-state index in [1.54, 1.807) is 24.8 Å². The molecule has 0 bridgehead atoms. The smallest absolute Gasteiger partial charge is 0.0267 e. The number of nitrogens with zero attached hydrogens (tertiary/aromatic N) is 2. The van der Waals surface area contributed by atoms with Crippen LogP contribution in [-0.4, -0.2) is 38.3 Å². The monoisotopic (exact) mass is 566 g/mol. The van der Waals surface area contributed by atoms with Crippen molar-refractivity contribution < 1.29 is 60.9 Å². The van der Waals surface area contributed by atoms with Gasteiger partial charge in [0.1, 0.15) is 0 Å². The summed E-state index contributed by atoms with van der Waals surface area (Å²) in [5.41, 5.74) is 0. The van der Waals surface area contributed by atoms with Gasteiger partial charge in [-0.3, -0.25) is 9.97 Å². The van der Waals surface area contributed by atoms with Gasteiger partial charge >= 0.3 is 42.5 Å². The minimum Gasteiger partial charge on any atom is -0.265 e. The Labute approximate surface area is 150 Å². The third-order valence-electron chi connectivity index (χ3n) is 1.91. The molecule has 0 saturated carbocycles. The first-order chi connectivity index (χ1) is 11.9. The van der Waals surface area contributed by atoms with Crippen LogP contribution in [-0.2, 0) is 24.4 Å². The van der Waals surface area contributed by atoms with Gasteiger partial charge in [0.2, 0.25) is 0 Å². The zero-order valence-electron chi connectivity index (χ0n) is 12.5. The van der Waals surface area contributed by atoms with Gasteiger partial charge in [-0.1, -0.05) is 12.1 Å². The van der Waals surface area contributed by atoms with Crippen molar-refractivity contribution in [2.75, 3.05) is 0 Å². The van der Waals surface area contributed by atoms with Gasteiger partial charge in [0, 0.05) is 24.8 Å². The largest absolute Gasteiger partial charge is 0.265 e. The van der Waals surface area contributed by atoms with E-state index in [4.69, 9.17) is 17.3 Å². The topological polar surface area (TPSA) is 100 Å². The van der Waals surface area contributed by atoms with Crippen LogP contribution in [0.25, 0.3) is 0 Å². The Bertz CT molecular complexity index is 505. The molecular weight excluding hydrogens is 552 g/mol. The quantitative estimate of drug-likeness (QED) is 0.517. The Morgan fingerprint density at radius 3 is 0.962 bits per heavy atom. The molecule has 0 aliphatic carbocycles. The average Bonchev–Trinajstić information content (AvgIpc) is 2.58. The summed E-state index contributed by atoms with van der Waals surface area (Å²) >= 11 is -2.08. The number of hydrogen-bond acceptors (Lipinski definition) is 6. The number of aromatic nitrogens is 2. The minimum absolute atomic E-state index is 1.75. The molecule has 2 aromatic heterocycles. The summed E-state index contributed by atoms with van der Waals surface area (Å²) in [4.78, 5) is 7.57. The molecule has 2 aromatic rings. The summed E-state index contributed by atoms with van der Waals surface area (Å²) in [6.45, 7) is 0. The standard InChI is InChI=1S/2C5H5N.C3H2F6O2.2O.Os/c2*1-2-4-6-5-3-1;4-1(10,2(5,6)7)3(8,9)11;;;/h2*1-5H;10-11H;;;. The van der Waals surface area contributed by atoms with E-state index >= 15 is 0 Å². The fourth-order valence-corrected chi connectivity index (χ4v) is 0.796. The van der Waals surface area contributed by atoms with E-state index in [0.29, 0.717) is 0 Å². The van der Waals surface area contributed by atoms with Crippen LogP contribution < -0.4 is 0 Å². The molecule has 0 aliphatic heterocycles. The van der Waals surface area contributed by atoms with Crippen molar-refractivity contribution >= 4 is 0 Å². The number of halogens is 6. The Kier molecular flexibility index (Phi) is 13.4. The van der Waals surface area contributed by atoms with Gasteiger partial charge in [-0.25, -0.2) is 0 Å². The van der Waals surface area contributed by atoms with Crippen molar-refractivity contribution in [1.82, 2.24) is 9.97 Å². The molecule has 1 atom stereocenters. The fourth-order valence-electron chi connectivity index (χ4n) is 0.796. The van der Waals surface area contributed by atoms with Crippen LogP contribution in [0.2, 0.25) is 0 Å². The zero-order chi connectivity index (χ0) is 20.7. The van der Waals surface area contributed by atoms with Crippen LogP contribution in [0.1, 0.15) is 0 Å². The van der Waals surface area contributed by atoms with Crippen molar-refractivity contribution in [3.05, 3.63) is 61.2 Å².